The highest BCUT2D eigenvalue weighted by Crippen LogP contribution is 2.18. The Kier molecular flexibility index (Phi) is 5.78. The Labute approximate surface area is 147 Å². The first-order chi connectivity index (χ1) is 11.7. The van der Waals surface area contributed by atoms with Gasteiger partial charge in [-0.3, -0.25) is 4.90 Å². The number of benzene rings is 1. The summed E-state index contributed by atoms with van der Waals surface area (Å²) in [6.07, 6.45) is 1.13. The number of hydrogen-bond acceptors (Lipinski definition) is 5. The van der Waals surface area contributed by atoms with Gasteiger partial charge in [0.1, 0.15) is 6.61 Å². The van der Waals surface area contributed by atoms with E-state index in [0.717, 1.165) is 26.1 Å². The van der Waals surface area contributed by atoms with Crippen molar-refractivity contribution in [2.75, 3.05) is 19.7 Å². The first kappa shape index (κ1) is 17.3. The van der Waals surface area contributed by atoms with E-state index in [1.807, 2.05) is 25.2 Å². The lowest BCUT2D eigenvalue weighted by Crippen LogP contribution is -2.25. The summed E-state index contributed by atoms with van der Waals surface area (Å²) < 4.78 is 10.0. The van der Waals surface area contributed by atoms with Gasteiger partial charge in [0.2, 0.25) is 0 Å². The number of hydrogen-bond donors (Lipinski definition) is 1. The molecular weight excluding hydrogens is 324 g/mol. The zero-order chi connectivity index (χ0) is 16.9. The average Bonchev–Trinajstić information content (AvgIpc) is 3.15. The summed E-state index contributed by atoms with van der Waals surface area (Å²) in [4.78, 5) is 2.33. The standard InChI is InChI=1S/C17H24N4O2S/c1-19-16(10-22)18-21(17(19)24)13-20-8-7-15(9-20)12-23-11-14-5-3-2-4-6-14/h2-6,15,22H,7-13H2,1H3. The third kappa shape index (κ3) is 4.10. The van der Waals surface area contributed by atoms with E-state index in [2.05, 4.69) is 22.1 Å². The first-order valence-electron chi connectivity index (χ1n) is 8.25. The van der Waals surface area contributed by atoms with Crippen LogP contribution in [0.1, 0.15) is 17.8 Å². The van der Waals surface area contributed by atoms with Crippen molar-refractivity contribution in [1.29, 1.82) is 0 Å². The van der Waals surface area contributed by atoms with E-state index in [4.69, 9.17) is 17.0 Å². The molecule has 1 aliphatic rings. The molecule has 1 N–H and O–H groups in total. The molecule has 0 spiro atoms. The molecule has 0 aliphatic carbocycles. The van der Waals surface area contributed by atoms with Crippen molar-refractivity contribution in [2.24, 2.45) is 13.0 Å². The van der Waals surface area contributed by atoms with E-state index >= 15 is 0 Å². The van der Waals surface area contributed by atoms with Gasteiger partial charge in [0, 0.05) is 20.1 Å². The van der Waals surface area contributed by atoms with Gasteiger partial charge in [-0.2, -0.15) is 5.10 Å². The van der Waals surface area contributed by atoms with Gasteiger partial charge in [-0.15, -0.1) is 0 Å². The van der Waals surface area contributed by atoms with Gasteiger partial charge < -0.3 is 14.4 Å². The topological polar surface area (TPSA) is 55.5 Å². The summed E-state index contributed by atoms with van der Waals surface area (Å²) in [6, 6.07) is 10.3. The largest absolute Gasteiger partial charge is 0.388 e. The Morgan fingerprint density at radius 1 is 1.33 bits per heavy atom. The molecule has 130 valence electrons. The predicted octanol–water partition coefficient (Wildman–Crippen LogP) is 1.94. The van der Waals surface area contributed by atoms with E-state index in [1.165, 1.54) is 5.56 Å². The van der Waals surface area contributed by atoms with Gasteiger partial charge >= 0.3 is 0 Å². The monoisotopic (exact) mass is 348 g/mol. The minimum absolute atomic E-state index is 0.0942. The van der Waals surface area contributed by atoms with Crippen LogP contribution in [0.15, 0.2) is 30.3 Å². The Hall–Kier alpha value is -1.54. The van der Waals surface area contributed by atoms with Gasteiger partial charge in [-0.25, -0.2) is 4.68 Å². The van der Waals surface area contributed by atoms with E-state index in [1.54, 1.807) is 9.25 Å². The molecule has 3 rings (SSSR count). The highest BCUT2D eigenvalue weighted by Gasteiger charge is 2.23. The summed E-state index contributed by atoms with van der Waals surface area (Å²) in [5, 5.41) is 13.6. The zero-order valence-electron chi connectivity index (χ0n) is 14.0. The van der Waals surface area contributed by atoms with Crippen LogP contribution in [0, 0.1) is 10.7 Å². The van der Waals surface area contributed by atoms with Crippen LogP contribution in [-0.2, 0) is 31.7 Å². The second kappa shape index (κ2) is 8.02. The fourth-order valence-corrected chi connectivity index (χ4v) is 3.25. The summed E-state index contributed by atoms with van der Waals surface area (Å²) in [6.45, 7) is 4.03. The molecule has 0 bridgehead atoms. The fraction of sp³-hybridized carbons (Fsp3) is 0.529. The number of nitrogens with zero attached hydrogens (tertiary/aromatic N) is 4. The van der Waals surface area contributed by atoms with E-state index in [9.17, 15) is 5.11 Å². The number of likely N-dealkylation sites (tertiary alicyclic amines) is 1. The molecule has 2 aromatic rings. The number of aromatic nitrogens is 3. The molecule has 1 saturated heterocycles. The van der Waals surface area contributed by atoms with Crippen LogP contribution < -0.4 is 0 Å². The number of rotatable bonds is 7. The lowest BCUT2D eigenvalue weighted by atomic mass is 10.1. The SMILES string of the molecule is Cn1c(CO)nn(CN2CCC(COCc3ccccc3)C2)c1=S. The summed E-state index contributed by atoms with van der Waals surface area (Å²) in [5.74, 6) is 1.14. The Morgan fingerprint density at radius 2 is 2.12 bits per heavy atom. The van der Waals surface area contributed by atoms with Gasteiger partial charge in [0.25, 0.3) is 0 Å². The predicted molar refractivity (Wildman–Crippen MR) is 93.7 cm³/mol. The van der Waals surface area contributed by atoms with Crippen molar-refractivity contribution >= 4 is 12.2 Å². The lowest BCUT2D eigenvalue weighted by Gasteiger charge is -2.16. The van der Waals surface area contributed by atoms with Crippen molar-refractivity contribution in [2.45, 2.75) is 26.3 Å². The van der Waals surface area contributed by atoms with Crippen LogP contribution >= 0.6 is 12.2 Å². The molecule has 24 heavy (non-hydrogen) atoms. The van der Waals surface area contributed by atoms with Crippen molar-refractivity contribution in [3.05, 3.63) is 46.5 Å². The maximum atomic E-state index is 9.28. The Morgan fingerprint density at radius 3 is 2.83 bits per heavy atom. The molecular formula is C17H24N4O2S. The van der Waals surface area contributed by atoms with Crippen LogP contribution in [0.25, 0.3) is 0 Å². The molecule has 1 unspecified atom stereocenters. The van der Waals surface area contributed by atoms with Crippen molar-refractivity contribution in [1.82, 2.24) is 19.2 Å². The normalized spacial score (nSPS) is 18.3. The second-order valence-electron chi connectivity index (χ2n) is 6.29. The van der Waals surface area contributed by atoms with Gasteiger partial charge in [-0.1, -0.05) is 30.3 Å². The van der Waals surface area contributed by atoms with Crippen molar-refractivity contribution in [3.63, 3.8) is 0 Å². The molecule has 1 aliphatic heterocycles. The molecule has 6 nitrogen and oxygen atoms in total. The van der Waals surface area contributed by atoms with Crippen LogP contribution in [0.3, 0.4) is 0 Å². The minimum Gasteiger partial charge on any atom is -0.388 e. The molecule has 0 amide bonds. The maximum absolute atomic E-state index is 9.28. The van der Waals surface area contributed by atoms with Gasteiger partial charge in [0.05, 0.1) is 19.9 Å². The molecule has 0 saturated carbocycles. The Bertz CT molecular complexity index is 713. The fourth-order valence-electron chi connectivity index (χ4n) is 3.05. The minimum atomic E-state index is -0.0942. The van der Waals surface area contributed by atoms with Crippen LogP contribution in [-0.4, -0.2) is 44.1 Å². The second-order valence-corrected chi connectivity index (χ2v) is 6.65. The summed E-state index contributed by atoms with van der Waals surface area (Å²) in [5.41, 5.74) is 1.21. The van der Waals surface area contributed by atoms with E-state index in [-0.39, 0.29) is 6.61 Å². The lowest BCUT2D eigenvalue weighted by molar-refractivity contribution is 0.0870. The smallest absolute Gasteiger partial charge is 0.198 e. The number of aliphatic hydroxyl groups excluding tert-OH is 1. The van der Waals surface area contributed by atoms with E-state index < -0.39 is 0 Å². The van der Waals surface area contributed by atoms with Crippen molar-refractivity contribution < 1.29 is 9.84 Å². The highest BCUT2D eigenvalue weighted by atomic mass is 32.1. The van der Waals surface area contributed by atoms with Crippen molar-refractivity contribution in [3.8, 4) is 0 Å². The first-order valence-corrected chi connectivity index (χ1v) is 8.66. The average molecular weight is 348 g/mol. The van der Waals surface area contributed by atoms with Gasteiger partial charge in [-0.05, 0) is 30.1 Å². The van der Waals surface area contributed by atoms with E-state index in [0.29, 0.717) is 29.8 Å². The molecule has 2 heterocycles. The number of aliphatic hydroxyl groups is 1. The van der Waals surface area contributed by atoms with Crippen LogP contribution in [0.2, 0.25) is 0 Å². The van der Waals surface area contributed by atoms with Gasteiger partial charge in [0.15, 0.2) is 10.6 Å². The quantitative estimate of drug-likeness (QED) is 0.775. The molecule has 1 atom stereocenters. The third-order valence-corrected chi connectivity index (χ3v) is 4.93. The molecule has 0 radical (unpaired) electrons. The summed E-state index contributed by atoms with van der Waals surface area (Å²) in [7, 11) is 1.83. The number of ether oxygens (including phenoxy) is 1. The zero-order valence-corrected chi connectivity index (χ0v) is 14.8. The Balaban J connectivity index is 1.46. The summed E-state index contributed by atoms with van der Waals surface area (Å²) >= 11 is 5.37. The maximum Gasteiger partial charge on any atom is 0.198 e. The van der Waals surface area contributed by atoms with Crippen LogP contribution in [0.4, 0.5) is 0 Å². The molecule has 1 fully saturated rings. The molecule has 1 aromatic carbocycles. The molecule has 7 heteroatoms. The van der Waals surface area contributed by atoms with Crippen LogP contribution in [0.5, 0.6) is 0 Å². The molecule has 1 aromatic heterocycles. The third-order valence-electron chi connectivity index (χ3n) is 4.44. The highest BCUT2D eigenvalue weighted by molar-refractivity contribution is 7.71.